The maximum Gasteiger partial charge on any atom is 0.254 e. The molecule has 38 heavy (non-hydrogen) atoms. The van der Waals surface area contributed by atoms with Gasteiger partial charge in [0, 0.05) is 51.4 Å². The van der Waals surface area contributed by atoms with E-state index in [1.165, 1.54) is 24.6 Å². The van der Waals surface area contributed by atoms with Gasteiger partial charge in [-0.1, -0.05) is 18.2 Å². The zero-order valence-corrected chi connectivity index (χ0v) is 24.0. The molecule has 1 saturated carbocycles. The molecule has 3 aromatic rings. The number of aromatic nitrogens is 2. The van der Waals surface area contributed by atoms with Gasteiger partial charge in [-0.2, -0.15) is 0 Å². The quantitative estimate of drug-likeness (QED) is 0.349. The highest BCUT2D eigenvalue weighted by molar-refractivity contribution is 7.98. The number of aryl methyl sites for hydroxylation is 1. The van der Waals surface area contributed by atoms with Gasteiger partial charge in [0.25, 0.3) is 11.5 Å². The minimum atomic E-state index is -0.147. The summed E-state index contributed by atoms with van der Waals surface area (Å²) in [6, 6.07) is 11.0. The number of para-hydroxylation sites is 1. The van der Waals surface area contributed by atoms with Crippen molar-refractivity contribution in [2.24, 2.45) is 5.92 Å². The molecule has 1 saturated heterocycles. The Hall–Kier alpha value is -2.55. The SMILES string of the molecule is CSc1cc(C)[nH]c(=O)c1CNC(=O)c1c(C)n([C@H](C)[C@H]2CC[C@@H](NC3(C)COC3)CC2)c2ccccc12. The number of hydrogen-bond acceptors (Lipinski definition) is 5. The number of rotatable bonds is 8. The molecule has 3 N–H and O–H groups in total. The van der Waals surface area contributed by atoms with Crippen molar-refractivity contribution in [1.29, 1.82) is 0 Å². The molecule has 2 aromatic heterocycles. The van der Waals surface area contributed by atoms with E-state index in [2.05, 4.69) is 47.0 Å². The molecule has 204 valence electrons. The highest BCUT2D eigenvalue weighted by Crippen LogP contribution is 2.38. The molecule has 0 bridgehead atoms. The Labute approximate surface area is 229 Å². The highest BCUT2D eigenvalue weighted by Gasteiger charge is 2.37. The van der Waals surface area contributed by atoms with Crippen molar-refractivity contribution in [1.82, 2.24) is 20.2 Å². The highest BCUT2D eigenvalue weighted by atomic mass is 32.2. The fourth-order valence-corrected chi connectivity index (χ4v) is 7.14. The second-order valence-corrected chi connectivity index (χ2v) is 12.3. The first-order valence-electron chi connectivity index (χ1n) is 13.7. The average molecular weight is 537 g/mol. The summed E-state index contributed by atoms with van der Waals surface area (Å²) in [6.07, 6.45) is 6.61. The fourth-order valence-electron chi connectivity index (χ4n) is 6.44. The molecule has 2 fully saturated rings. The second-order valence-electron chi connectivity index (χ2n) is 11.4. The van der Waals surface area contributed by atoms with Crippen LogP contribution in [0.3, 0.4) is 0 Å². The summed E-state index contributed by atoms with van der Waals surface area (Å²) in [5.41, 5.74) is 4.19. The van der Waals surface area contributed by atoms with Crippen LogP contribution in [-0.2, 0) is 11.3 Å². The first kappa shape index (κ1) is 27.0. The topological polar surface area (TPSA) is 88.2 Å². The Balaban J connectivity index is 1.35. The van der Waals surface area contributed by atoms with Gasteiger partial charge in [-0.3, -0.25) is 9.59 Å². The van der Waals surface area contributed by atoms with Crippen LogP contribution in [0.2, 0.25) is 0 Å². The van der Waals surface area contributed by atoms with E-state index in [4.69, 9.17) is 4.74 Å². The number of amides is 1. The predicted octanol–water partition coefficient (Wildman–Crippen LogP) is 5.10. The van der Waals surface area contributed by atoms with Crippen molar-refractivity contribution in [3.63, 3.8) is 0 Å². The molecule has 1 aromatic carbocycles. The number of nitrogens with zero attached hydrogens (tertiary/aromatic N) is 1. The number of H-pyrrole nitrogens is 1. The zero-order valence-electron chi connectivity index (χ0n) is 23.1. The van der Waals surface area contributed by atoms with Crippen LogP contribution in [0.5, 0.6) is 0 Å². The van der Waals surface area contributed by atoms with Gasteiger partial charge in [-0.15, -0.1) is 11.8 Å². The van der Waals surface area contributed by atoms with Crippen LogP contribution in [0.4, 0.5) is 0 Å². The zero-order chi connectivity index (χ0) is 27.0. The van der Waals surface area contributed by atoms with E-state index in [9.17, 15) is 9.59 Å². The lowest BCUT2D eigenvalue weighted by molar-refractivity contribution is -0.0719. The number of pyridine rings is 1. The molecule has 1 atom stereocenters. The molecule has 1 aliphatic heterocycles. The van der Waals surface area contributed by atoms with Crippen molar-refractivity contribution < 1.29 is 9.53 Å². The summed E-state index contributed by atoms with van der Waals surface area (Å²) in [7, 11) is 0. The monoisotopic (exact) mass is 536 g/mol. The van der Waals surface area contributed by atoms with Gasteiger partial charge in [0.1, 0.15) is 0 Å². The molecule has 0 radical (unpaired) electrons. The Kier molecular flexibility index (Phi) is 7.76. The van der Waals surface area contributed by atoms with E-state index in [-0.39, 0.29) is 29.6 Å². The maximum atomic E-state index is 13.6. The summed E-state index contributed by atoms with van der Waals surface area (Å²) >= 11 is 1.52. The first-order chi connectivity index (χ1) is 18.2. The van der Waals surface area contributed by atoms with Crippen molar-refractivity contribution >= 4 is 28.6 Å². The third-order valence-electron chi connectivity index (χ3n) is 8.51. The van der Waals surface area contributed by atoms with Crippen LogP contribution in [0.25, 0.3) is 10.9 Å². The fraction of sp³-hybridized carbons (Fsp3) is 0.533. The number of carbonyl (C=O) groups excluding carboxylic acids is 1. The van der Waals surface area contributed by atoms with Gasteiger partial charge in [-0.05, 0) is 77.7 Å². The van der Waals surface area contributed by atoms with Crippen LogP contribution in [0.15, 0.2) is 40.0 Å². The number of fused-ring (bicyclic) bond motifs is 1. The summed E-state index contributed by atoms with van der Waals surface area (Å²) in [4.78, 5) is 29.9. The first-order valence-corrected chi connectivity index (χ1v) is 14.9. The summed E-state index contributed by atoms with van der Waals surface area (Å²) in [6.45, 7) is 10.3. The van der Waals surface area contributed by atoms with Gasteiger partial charge < -0.3 is 24.9 Å². The van der Waals surface area contributed by atoms with E-state index in [1.54, 1.807) is 0 Å². The second kappa shape index (κ2) is 10.9. The molecule has 0 spiro atoms. The molecule has 7 nitrogen and oxygen atoms in total. The number of ether oxygens (including phenoxy) is 1. The number of nitrogens with one attached hydrogen (secondary N) is 3. The van der Waals surface area contributed by atoms with Crippen LogP contribution in [-0.4, -0.2) is 46.5 Å². The molecular formula is C30H40N4O3S. The summed E-state index contributed by atoms with van der Waals surface area (Å²) in [5, 5.41) is 7.84. The predicted molar refractivity (Wildman–Crippen MR) is 154 cm³/mol. The molecule has 8 heteroatoms. The molecule has 3 heterocycles. The van der Waals surface area contributed by atoms with Gasteiger partial charge in [-0.25, -0.2) is 0 Å². The van der Waals surface area contributed by atoms with Crippen LogP contribution < -0.4 is 16.2 Å². The molecule has 0 unspecified atom stereocenters. The number of hydrogen-bond donors (Lipinski definition) is 3. The Morgan fingerprint density at radius 1 is 1.21 bits per heavy atom. The van der Waals surface area contributed by atoms with Crippen LogP contribution in [0.1, 0.15) is 72.9 Å². The van der Waals surface area contributed by atoms with Gasteiger partial charge in [0.2, 0.25) is 0 Å². The normalized spacial score (nSPS) is 21.7. The van der Waals surface area contributed by atoms with E-state index < -0.39 is 0 Å². The van der Waals surface area contributed by atoms with Gasteiger partial charge in [0.05, 0.1) is 24.3 Å². The van der Waals surface area contributed by atoms with Gasteiger partial charge >= 0.3 is 0 Å². The number of carbonyl (C=O) groups is 1. The van der Waals surface area contributed by atoms with E-state index in [1.807, 2.05) is 37.4 Å². The number of aromatic amines is 1. The Bertz CT molecular complexity index is 1380. The standard InChI is InChI=1S/C30H40N4O3S/c1-18-14-26(38-5)24(28(35)32-18)15-31-29(36)27-20(3)34(25-9-7-6-8-23(25)27)19(2)21-10-12-22(13-11-21)33-30(4)16-37-17-30/h6-9,14,19,21-22,33H,10-13,15-17H2,1-5H3,(H,31,36)(H,32,35)/t19-,21-,22+/m1/s1. The lowest BCUT2D eigenvalue weighted by Gasteiger charge is -2.44. The molecule has 5 rings (SSSR count). The third kappa shape index (κ3) is 5.18. The average Bonchev–Trinajstić information content (AvgIpc) is 3.18. The Morgan fingerprint density at radius 3 is 2.58 bits per heavy atom. The summed E-state index contributed by atoms with van der Waals surface area (Å²) < 4.78 is 7.79. The smallest absolute Gasteiger partial charge is 0.254 e. The lowest BCUT2D eigenvalue weighted by atomic mass is 9.81. The lowest BCUT2D eigenvalue weighted by Crippen LogP contribution is -2.61. The van der Waals surface area contributed by atoms with E-state index in [0.717, 1.165) is 53.2 Å². The summed E-state index contributed by atoms with van der Waals surface area (Å²) in [5.74, 6) is 0.416. The van der Waals surface area contributed by atoms with Crippen LogP contribution >= 0.6 is 11.8 Å². The van der Waals surface area contributed by atoms with Crippen LogP contribution in [0, 0.1) is 19.8 Å². The molecule has 2 aliphatic rings. The largest absolute Gasteiger partial charge is 0.377 e. The molecule has 1 aliphatic carbocycles. The van der Waals surface area contributed by atoms with Crippen molar-refractivity contribution in [3.8, 4) is 0 Å². The van der Waals surface area contributed by atoms with E-state index in [0.29, 0.717) is 23.1 Å². The number of thioether (sulfide) groups is 1. The molecular weight excluding hydrogens is 496 g/mol. The van der Waals surface area contributed by atoms with Gasteiger partial charge in [0.15, 0.2) is 0 Å². The van der Waals surface area contributed by atoms with Crippen molar-refractivity contribution in [3.05, 3.63) is 63.2 Å². The minimum Gasteiger partial charge on any atom is -0.377 e. The number of benzene rings is 1. The third-order valence-corrected chi connectivity index (χ3v) is 9.32. The van der Waals surface area contributed by atoms with Crippen molar-refractivity contribution in [2.75, 3.05) is 19.5 Å². The van der Waals surface area contributed by atoms with E-state index >= 15 is 0 Å². The van der Waals surface area contributed by atoms with Crippen molar-refractivity contribution in [2.45, 2.75) is 82.4 Å². The Morgan fingerprint density at radius 2 is 1.92 bits per heavy atom. The minimum absolute atomic E-state index is 0.138. The molecule has 1 amide bonds. The maximum absolute atomic E-state index is 13.6.